The molecule has 0 aliphatic carbocycles. The summed E-state index contributed by atoms with van der Waals surface area (Å²) in [6.45, 7) is 7.57. The molecule has 1 unspecified atom stereocenters. The summed E-state index contributed by atoms with van der Waals surface area (Å²) in [5.74, 6) is -5.00. The molecule has 0 spiro atoms. The largest absolute Gasteiger partial charge is 0.465 e. The van der Waals surface area contributed by atoms with Crippen LogP contribution in [-0.4, -0.2) is 35.7 Å². The van der Waals surface area contributed by atoms with E-state index in [1.54, 1.807) is 13.8 Å². The van der Waals surface area contributed by atoms with E-state index in [9.17, 15) is 26.7 Å². The zero-order valence-corrected chi connectivity index (χ0v) is 14.0. The fraction of sp³-hybridized carbons (Fsp3) is 0.929. The van der Waals surface area contributed by atoms with Crippen molar-refractivity contribution in [2.24, 2.45) is 11.8 Å². The van der Waals surface area contributed by atoms with Gasteiger partial charge in [0.15, 0.2) is 0 Å². The van der Waals surface area contributed by atoms with Crippen LogP contribution in [0.3, 0.4) is 0 Å². The highest BCUT2D eigenvalue weighted by Crippen LogP contribution is 2.39. The third-order valence-electron chi connectivity index (χ3n) is 2.74. The SMILES string of the molecule is CC(C)COC(=O)C(SCCCC(F)(F)C(F)(F)F)C(C)C. The zero-order chi connectivity index (χ0) is 17.6. The van der Waals surface area contributed by atoms with Gasteiger partial charge >= 0.3 is 18.1 Å². The Hall–Kier alpha value is -0.530. The average Bonchev–Trinajstić information content (AvgIpc) is 2.33. The van der Waals surface area contributed by atoms with Crippen molar-refractivity contribution >= 4 is 17.7 Å². The van der Waals surface area contributed by atoms with Crippen LogP contribution in [0.1, 0.15) is 40.5 Å². The number of carbonyl (C=O) groups excluding carboxylic acids is 1. The van der Waals surface area contributed by atoms with Gasteiger partial charge in [-0.1, -0.05) is 27.7 Å². The summed E-state index contributed by atoms with van der Waals surface area (Å²) in [7, 11) is 0. The van der Waals surface area contributed by atoms with Gasteiger partial charge in [-0.25, -0.2) is 0 Å². The molecule has 0 aromatic carbocycles. The van der Waals surface area contributed by atoms with Crippen LogP contribution in [-0.2, 0) is 9.53 Å². The molecule has 0 radical (unpaired) electrons. The van der Waals surface area contributed by atoms with E-state index in [2.05, 4.69) is 0 Å². The van der Waals surface area contributed by atoms with Gasteiger partial charge in [0.1, 0.15) is 5.25 Å². The van der Waals surface area contributed by atoms with E-state index in [4.69, 9.17) is 4.74 Å². The molecule has 1 atom stereocenters. The van der Waals surface area contributed by atoms with E-state index >= 15 is 0 Å². The standard InChI is InChI=1S/C14H23F5O2S/c1-9(2)8-21-12(20)11(10(3)4)22-7-5-6-13(15,16)14(17,18)19/h9-11H,5-8H2,1-4H3. The van der Waals surface area contributed by atoms with Gasteiger partial charge in [-0.3, -0.25) is 4.79 Å². The molecule has 0 heterocycles. The van der Waals surface area contributed by atoms with Crippen molar-refractivity contribution in [3.05, 3.63) is 0 Å². The van der Waals surface area contributed by atoms with Gasteiger partial charge in [0.05, 0.1) is 6.61 Å². The van der Waals surface area contributed by atoms with Gasteiger partial charge < -0.3 is 4.74 Å². The van der Waals surface area contributed by atoms with Crippen LogP contribution in [0.25, 0.3) is 0 Å². The molecule has 0 saturated heterocycles. The van der Waals surface area contributed by atoms with Gasteiger partial charge in [0.2, 0.25) is 0 Å². The van der Waals surface area contributed by atoms with Crippen molar-refractivity contribution in [1.29, 1.82) is 0 Å². The molecule has 0 aromatic rings. The lowest BCUT2D eigenvalue weighted by atomic mass is 10.1. The second-order valence-corrected chi connectivity index (χ2v) is 7.11. The van der Waals surface area contributed by atoms with Crippen LogP contribution in [0.15, 0.2) is 0 Å². The Morgan fingerprint density at radius 1 is 1.09 bits per heavy atom. The number of thioether (sulfide) groups is 1. The molecule has 132 valence electrons. The van der Waals surface area contributed by atoms with E-state index < -0.39 is 29.7 Å². The molecule has 0 amide bonds. The molecule has 0 saturated carbocycles. The highest BCUT2D eigenvalue weighted by atomic mass is 32.2. The van der Waals surface area contributed by atoms with E-state index in [-0.39, 0.29) is 30.6 Å². The summed E-state index contributed by atoms with van der Waals surface area (Å²) < 4.78 is 66.7. The van der Waals surface area contributed by atoms with Crippen LogP contribution in [0.2, 0.25) is 0 Å². The van der Waals surface area contributed by atoms with Crippen LogP contribution in [0.4, 0.5) is 22.0 Å². The van der Waals surface area contributed by atoms with Gasteiger partial charge in [-0.05, 0) is 24.0 Å². The minimum atomic E-state index is -5.52. The normalized spacial score (nSPS) is 14.5. The smallest absolute Gasteiger partial charge is 0.453 e. The molecule has 0 N–H and O–H groups in total. The number of ether oxygens (including phenoxy) is 1. The highest BCUT2D eigenvalue weighted by molar-refractivity contribution is 8.00. The first-order valence-electron chi connectivity index (χ1n) is 7.11. The van der Waals surface area contributed by atoms with Gasteiger partial charge in [0, 0.05) is 6.42 Å². The van der Waals surface area contributed by atoms with Gasteiger partial charge in [-0.15, -0.1) is 11.8 Å². The molecular formula is C14H23F5O2S. The molecule has 0 aromatic heterocycles. The second-order valence-electron chi connectivity index (χ2n) is 5.87. The lowest BCUT2D eigenvalue weighted by Gasteiger charge is -2.21. The molecule has 22 heavy (non-hydrogen) atoms. The Morgan fingerprint density at radius 2 is 1.64 bits per heavy atom. The van der Waals surface area contributed by atoms with Crippen molar-refractivity contribution in [3.63, 3.8) is 0 Å². The second kappa shape index (κ2) is 8.93. The highest BCUT2D eigenvalue weighted by Gasteiger charge is 2.56. The summed E-state index contributed by atoms with van der Waals surface area (Å²) in [6, 6.07) is 0. The molecule has 0 bridgehead atoms. The van der Waals surface area contributed by atoms with Crippen molar-refractivity contribution in [3.8, 4) is 0 Å². The van der Waals surface area contributed by atoms with Crippen molar-refractivity contribution in [2.75, 3.05) is 12.4 Å². The first-order valence-corrected chi connectivity index (χ1v) is 8.16. The number of rotatable bonds is 9. The Labute approximate surface area is 132 Å². The number of carbonyl (C=O) groups is 1. The first kappa shape index (κ1) is 21.5. The number of alkyl halides is 5. The van der Waals surface area contributed by atoms with E-state index in [1.165, 1.54) is 0 Å². The average molecular weight is 350 g/mol. The zero-order valence-electron chi connectivity index (χ0n) is 13.2. The Morgan fingerprint density at radius 3 is 2.05 bits per heavy atom. The maximum Gasteiger partial charge on any atom is 0.453 e. The topological polar surface area (TPSA) is 26.3 Å². The third kappa shape index (κ3) is 7.65. The first-order chi connectivity index (χ1) is 9.88. The van der Waals surface area contributed by atoms with Crippen molar-refractivity contribution < 1.29 is 31.5 Å². The molecule has 0 fully saturated rings. The summed E-state index contributed by atoms with van der Waals surface area (Å²) in [4.78, 5) is 11.9. The van der Waals surface area contributed by atoms with E-state index in [0.717, 1.165) is 11.8 Å². The minimum Gasteiger partial charge on any atom is -0.465 e. The lowest BCUT2D eigenvalue weighted by Crippen LogP contribution is -2.36. The fourth-order valence-electron chi connectivity index (χ4n) is 1.51. The quantitative estimate of drug-likeness (QED) is 0.335. The lowest BCUT2D eigenvalue weighted by molar-refractivity contribution is -0.284. The van der Waals surface area contributed by atoms with Crippen molar-refractivity contribution in [2.45, 2.75) is 57.9 Å². The molecule has 0 rings (SSSR count). The molecule has 8 heteroatoms. The Kier molecular flexibility index (Phi) is 8.72. The number of esters is 1. The predicted octanol–water partition coefficient (Wildman–Crippen LogP) is 4.92. The third-order valence-corrected chi connectivity index (χ3v) is 4.36. The number of hydrogen-bond acceptors (Lipinski definition) is 3. The molecule has 0 aliphatic heterocycles. The Balaban J connectivity index is 4.30. The Bertz CT molecular complexity index is 343. The van der Waals surface area contributed by atoms with Crippen LogP contribution in [0, 0.1) is 11.8 Å². The summed E-state index contributed by atoms with van der Waals surface area (Å²) in [5.41, 5.74) is 0. The van der Waals surface area contributed by atoms with Crippen molar-refractivity contribution in [1.82, 2.24) is 0 Å². The van der Waals surface area contributed by atoms with E-state index in [0.29, 0.717) is 0 Å². The maximum atomic E-state index is 12.8. The van der Waals surface area contributed by atoms with Crippen LogP contribution >= 0.6 is 11.8 Å². The van der Waals surface area contributed by atoms with Gasteiger partial charge in [-0.2, -0.15) is 22.0 Å². The summed E-state index contributed by atoms with van der Waals surface area (Å²) >= 11 is 1.07. The maximum absolute atomic E-state index is 12.8. The predicted molar refractivity (Wildman–Crippen MR) is 77.1 cm³/mol. The fourth-order valence-corrected chi connectivity index (χ4v) is 2.66. The van der Waals surface area contributed by atoms with Crippen LogP contribution < -0.4 is 0 Å². The van der Waals surface area contributed by atoms with E-state index in [1.807, 2.05) is 13.8 Å². The number of hydrogen-bond donors (Lipinski definition) is 0. The van der Waals surface area contributed by atoms with Gasteiger partial charge in [0.25, 0.3) is 0 Å². The summed E-state index contributed by atoms with van der Waals surface area (Å²) in [6.07, 6.45) is -7.11. The molecule has 2 nitrogen and oxygen atoms in total. The summed E-state index contributed by atoms with van der Waals surface area (Å²) in [5, 5.41) is -0.557. The van der Waals surface area contributed by atoms with Crippen LogP contribution in [0.5, 0.6) is 0 Å². The monoisotopic (exact) mass is 350 g/mol. The number of halogens is 5. The molecule has 0 aliphatic rings. The minimum absolute atomic E-state index is 0.0469. The molecular weight excluding hydrogens is 327 g/mol.